The molecule has 0 spiro atoms. The molecule has 0 bridgehead atoms. The summed E-state index contributed by atoms with van der Waals surface area (Å²) in [7, 11) is 4.62. The Morgan fingerprint density at radius 1 is 0.963 bits per heavy atom. The van der Waals surface area contributed by atoms with Gasteiger partial charge in [-0.25, -0.2) is 0 Å². The van der Waals surface area contributed by atoms with E-state index in [2.05, 4.69) is 10.5 Å². The lowest BCUT2D eigenvalue weighted by atomic mass is 10.1. The molecule has 1 aromatic heterocycles. The maximum Gasteiger partial charge on any atom is 0.258 e. The first-order valence-electron chi connectivity index (χ1n) is 7.89. The van der Waals surface area contributed by atoms with Crippen molar-refractivity contribution in [2.75, 3.05) is 26.6 Å². The summed E-state index contributed by atoms with van der Waals surface area (Å²) in [6, 6.07) is 11.7. The van der Waals surface area contributed by atoms with Gasteiger partial charge in [0.15, 0.2) is 11.5 Å². The Labute approximate surface area is 160 Å². The molecule has 0 fully saturated rings. The van der Waals surface area contributed by atoms with Gasteiger partial charge in [-0.1, -0.05) is 16.8 Å². The fourth-order valence-electron chi connectivity index (χ4n) is 2.46. The molecule has 8 heteroatoms. The summed E-state index contributed by atoms with van der Waals surface area (Å²) in [6.45, 7) is 0. The fourth-order valence-corrected chi connectivity index (χ4v) is 2.72. The minimum Gasteiger partial charge on any atom is -0.495 e. The van der Waals surface area contributed by atoms with Crippen LogP contribution in [0.4, 0.5) is 5.88 Å². The SMILES string of the molecule is COc1ccc(C(=O)Nc2cc(-c3ccc(OC)c(OC)c3)no2)cc1Cl. The van der Waals surface area contributed by atoms with Crippen molar-refractivity contribution in [3.05, 3.63) is 53.1 Å². The maximum atomic E-state index is 12.4. The largest absolute Gasteiger partial charge is 0.495 e. The van der Waals surface area contributed by atoms with E-state index in [0.717, 1.165) is 5.56 Å². The minimum absolute atomic E-state index is 0.205. The molecular formula is C19H17ClN2O5. The second kappa shape index (κ2) is 8.01. The third-order valence-corrected chi connectivity index (χ3v) is 4.14. The Hall–Kier alpha value is -3.19. The summed E-state index contributed by atoms with van der Waals surface area (Å²) >= 11 is 6.05. The molecule has 0 atom stereocenters. The van der Waals surface area contributed by atoms with Crippen molar-refractivity contribution in [1.29, 1.82) is 0 Å². The number of halogens is 1. The summed E-state index contributed by atoms with van der Waals surface area (Å²) in [4.78, 5) is 12.4. The highest BCUT2D eigenvalue weighted by molar-refractivity contribution is 6.32. The Morgan fingerprint density at radius 2 is 1.67 bits per heavy atom. The molecule has 0 aliphatic heterocycles. The predicted molar refractivity (Wildman–Crippen MR) is 101 cm³/mol. The first-order valence-corrected chi connectivity index (χ1v) is 8.27. The normalized spacial score (nSPS) is 10.4. The van der Waals surface area contributed by atoms with Crippen LogP contribution in [0.1, 0.15) is 10.4 Å². The summed E-state index contributed by atoms with van der Waals surface area (Å²) in [5.74, 6) is 1.49. The van der Waals surface area contributed by atoms with Gasteiger partial charge in [0.25, 0.3) is 5.91 Å². The highest BCUT2D eigenvalue weighted by atomic mass is 35.5. The molecule has 0 saturated heterocycles. The van der Waals surface area contributed by atoms with Gasteiger partial charge < -0.3 is 18.7 Å². The molecule has 2 aromatic carbocycles. The Bertz CT molecular complexity index is 970. The molecule has 1 amide bonds. The van der Waals surface area contributed by atoms with Gasteiger partial charge in [-0.05, 0) is 36.4 Å². The standard InChI is InChI=1S/C19H17ClN2O5/c1-24-15-6-5-12(8-13(15)20)19(23)21-18-10-14(22-27-18)11-4-7-16(25-2)17(9-11)26-3/h4-10H,1-3H3,(H,21,23). The smallest absolute Gasteiger partial charge is 0.258 e. The molecule has 0 unspecified atom stereocenters. The molecule has 3 rings (SSSR count). The molecule has 1 heterocycles. The molecule has 0 saturated carbocycles. The van der Waals surface area contributed by atoms with Crippen LogP contribution < -0.4 is 19.5 Å². The summed E-state index contributed by atoms with van der Waals surface area (Å²) < 4.78 is 20.8. The number of anilines is 1. The quantitative estimate of drug-likeness (QED) is 0.678. The molecule has 0 aliphatic rings. The Kier molecular flexibility index (Phi) is 5.52. The van der Waals surface area contributed by atoms with Crippen LogP contribution in [-0.4, -0.2) is 32.4 Å². The molecule has 0 radical (unpaired) electrons. The van der Waals surface area contributed by atoms with E-state index in [4.69, 9.17) is 30.3 Å². The van der Waals surface area contributed by atoms with Gasteiger partial charge in [-0.15, -0.1) is 0 Å². The van der Waals surface area contributed by atoms with E-state index >= 15 is 0 Å². The monoisotopic (exact) mass is 388 g/mol. The van der Waals surface area contributed by atoms with E-state index < -0.39 is 0 Å². The van der Waals surface area contributed by atoms with Crippen molar-refractivity contribution in [2.24, 2.45) is 0 Å². The highest BCUT2D eigenvalue weighted by Gasteiger charge is 2.14. The van der Waals surface area contributed by atoms with Gasteiger partial charge in [-0.2, -0.15) is 0 Å². The van der Waals surface area contributed by atoms with Crippen molar-refractivity contribution < 1.29 is 23.5 Å². The first kappa shape index (κ1) is 18.6. The molecular weight excluding hydrogens is 372 g/mol. The molecule has 27 heavy (non-hydrogen) atoms. The zero-order chi connectivity index (χ0) is 19.4. The lowest BCUT2D eigenvalue weighted by Gasteiger charge is -2.07. The van der Waals surface area contributed by atoms with Crippen LogP contribution in [0.3, 0.4) is 0 Å². The number of nitrogens with zero attached hydrogens (tertiary/aromatic N) is 1. The van der Waals surface area contributed by atoms with Gasteiger partial charge in [-0.3, -0.25) is 10.1 Å². The van der Waals surface area contributed by atoms with Crippen molar-refractivity contribution in [3.63, 3.8) is 0 Å². The number of methoxy groups -OCH3 is 3. The molecule has 3 aromatic rings. The number of benzene rings is 2. The maximum absolute atomic E-state index is 12.4. The number of carbonyl (C=O) groups excluding carboxylic acids is 1. The predicted octanol–water partition coefficient (Wildman–Crippen LogP) is 4.27. The molecule has 1 N–H and O–H groups in total. The van der Waals surface area contributed by atoms with Gasteiger partial charge in [0.1, 0.15) is 11.4 Å². The molecule has 0 aliphatic carbocycles. The van der Waals surface area contributed by atoms with Crippen molar-refractivity contribution in [2.45, 2.75) is 0 Å². The average Bonchev–Trinajstić information content (AvgIpc) is 3.15. The number of aromatic nitrogens is 1. The van der Waals surface area contributed by atoms with E-state index in [1.54, 1.807) is 44.6 Å². The Balaban J connectivity index is 1.78. The van der Waals surface area contributed by atoms with Gasteiger partial charge in [0, 0.05) is 17.2 Å². The van der Waals surface area contributed by atoms with Crippen LogP contribution in [0.15, 0.2) is 47.0 Å². The van der Waals surface area contributed by atoms with Crippen LogP contribution in [0.5, 0.6) is 17.2 Å². The van der Waals surface area contributed by atoms with E-state index in [1.165, 1.54) is 13.2 Å². The number of hydrogen-bond acceptors (Lipinski definition) is 6. The van der Waals surface area contributed by atoms with Gasteiger partial charge in [0.05, 0.1) is 26.4 Å². The Morgan fingerprint density at radius 3 is 2.33 bits per heavy atom. The van der Waals surface area contributed by atoms with Crippen LogP contribution >= 0.6 is 11.6 Å². The molecule has 7 nitrogen and oxygen atoms in total. The second-order valence-electron chi connectivity index (χ2n) is 5.45. The van der Waals surface area contributed by atoms with E-state index in [1.807, 2.05) is 6.07 Å². The zero-order valence-corrected chi connectivity index (χ0v) is 15.7. The number of amides is 1. The van der Waals surface area contributed by atoms with E-state index in [-0.39, 0.29) is 11.8 Å². The number of ether oxygens (including phenoxy) is 3. The summed E-state index contributed by atoms with van der Waals surface area (Å²) in [5.41, 5.74) is 1.66. The highest BCUT2D eigenvalue weighted by Crippen LogP contribution is 2.32. The average molecular weight is 389 g/mol. The zero-order valence-electron chi connectivity index (χ0n) is 14.9. The summed E-state index contributed by atoms with van der Waals surface area (Å²) in [6.07, 6.45) is 0. The summed E-state index contributed by atoms with van der Waals surface area (Å²) in [5, 5.41) is 6.96. The number of rotatable bonds is 6. The van der Waals surface area contributed by atoms with Gasteiger partial charge in [0.2, 0.25) is 5.88 Å². The van der Waals surface area contributed by atoms with E-state index in [0.29, 0.717) is 33.5 Å². The lowest BCUT2D eigenvalue weighted by molar-refractivity contribution is 0.102. The third kappa shape index (κ3) is 3.98. The van der Waals surface area contributed by atoms with Gasteiger partial charge >= 0.3 is 0 Å². The van der Waals surface area contributed by atoms with E-state index in [9.17, 15) is 4.79 Å². The minimum atomic E-state index is -0.380. The third-order valence-electron chi connectivity index (χ3n) is 3.84. The van der Waals surface area contributed by atoms with Crippen molar-refractivity contribution in [1.82, 2.24) is 5.16 Å². The lowest BCUT2D eigenvalue weighted by Crippen LogP contribution is -2.11. The molecule has 140 valence electrons. The van der Waals surface area contributed by atoms with Crippen molar-refractivity contribution >= 4 is 23.4 Å². The topological polar surface area (TPSA) is 82.8 Å². The van der Waals surface area contributed by atoms with Crippen LogP contribution in [0, 0.1) is 0 Å². The van der Waals surface area contributed by atoms with Crippen LogP contribution in [0.2, 0.25) is 5.02 Å². The number of nitrogens with one attached hydrogen (secondary N) is 1. The first-order chi connectivity index (χ1) is 13.0. The second-order valence-corrected chi connectivity index (χ2v) is 5.86. The van der Waals surface area contributed by atoms with Crippen LogP contribution in [0.25, 0.3) is 11.3 Å². The fraction of sp³-hybridized carbons (Fsp3) is 0.158. The van der Waals surface area contributed by atoms with Crippen molar-refractivity contribution in [3.8, 4) is 28.5 Å². The number of hydrogen-bond donors (Lipinski definition) is 1. The number of carbonyl (C=O) groups is 1. The van der Waals surface area contributed by atoms with Crippen LogP contribution in [-0.2, 0) is 0 Å².